The Hall–Kier alpha value is -1.45. The van der Waals surface area contributed by atoms with E-state index < -0.39 is 5.95 Å². The number of nitrogens with zero attached hydrogens (tertiary/aromatic N) is 2. The van der Waals surface area contributed by atoms with Gasteiger partial charge in [0.15, 0.2) is 0 Å². The lowest BCUT2D eigenvalue weighted by Crippen LogP contribution is -1.81. The minimum atomic E-state index is -0.505. The predicted octanol–water partition coefficient (Wildman–Crippen LogP) is 1.10. The summed E-state index contributed by atoms with van der Waals surface area (Å²) in [4.78, 5) is 3.44. The minimum absolute atomic E-state index is 0.363. The van der Waals surface area contributed by atoms with E-state index >= 15 is 0 Å². The van der Waals surface area contributed by atoms with E-state index in [4.69, 9.17) is 0 Å². The molecule has 3 nitrogen and oxygen atoms in total. The molecular formula is C6H4FN3. The maximum Gasteiger partial charge on any atom is 0.238 e. The van der Waals surface area contributed by atoms with Gasteiger partial charge in [0, 0.05) is 11.6 Å². The van der Waals surface area contributed by atoms with Crippen molar-refractivity contribution in [3.8, 4) is 0 Å². The summed E-state index contributed by atoms with van der Waals surface area (Å²) in [6, 6.07) is 1.70. The monoisotopic (exact) mass is 137 g/mol. The van der Waals surface area contributed by atoms with E-state index in [0.29, 0.717) is 5.52 Å². The van der Waals surface area contributed by atoms with Crippen LogP contribution in [0.25, 0.3) is 10.9 Å². The van der Waals surface area contributed by atoms with Crippen molar-refractivity contribution in [3.63, 3.8) is 0 Å². The normalized spacial score (nSPS) is 10.5. The van der Waals surface area contributed by atoms with Crippen LogP contribution in [0.5, 0.6) is 0 Å². The van der Waals surface area contributed by atoms with Crippen LogP contribution in [0.2, 0.25) is 0 Å². The number of rotatable bonds is 0. The fraction of sp³-hybridized carbons (Fsp3) is 0. The molecule has 0 aliphatic carbocycles. The number of halogens is 1. The summed E-state index contributed by atoms with van der Waals surface area (Å²) in [7, 11) is 0. The molecule has 0 amide bonds. The second-order valence-electron chi connectivity index (χ2n) is 1.94. The van der Waals surface area contributed by atoms with Gasteiger partial charge >= 0.3 is 0 Å². The molecule has 10 heavy (non-hydrogen) atoms. The largest absolute Gasteiger partial charge is 0.273 e. The molecule has 0 aliphatic rings. The van der Waals surface area contributed by atoms with Gasteiger partial charge in [-0.2, -0.15) is 9.49 Å². The topological polar surface area (TPSA) is 41.6 Å². The zero-order valence-corrected chi connectivity index (χ0v) is 5.00. The zero-order chi connectivity index (χ0) is 6.97. The Morgan fingerprint density at radius 1 is 1.50 bits per heavy atom. The van der Waals surface area contributed by atoms with Crippen LogP contribution < -0.4 is 0 Å². The third-order valence-electron chi connectivity index (χ3n) is 1.32. The molecule has 0 radical (unpaired) electrons. The second kappa shape index (κ2) is 1.76. The number of H-pyrrole nitrogens is 1. The van der Waals surface area contributed by atoms with Crippen molar-refractivity contribution >= 4 is 10.9 Å². The molecule has 50 valence electrons. The third-order valence-corrected chi connectivity index (χ3v) is 1.32. The molecule has 0 aromatic carbocycles. The number of aromatic nitrogens is 3. The number of aromatic amines is 1. The summed E-state index contributed by atoms with van der Waals surface area (Å²) in [6.45, 7) is 0. The molecule has 0 spiro atoms. The highest BCUT2D eigenvalue weighted by atomic mass is 19.1. The molecule has 0 atom stereocenters. The Morgan fingerprint density at radius 2 is 2.40 bits per heavy atom. The quantitative estimate of drug-likeness (QED) is 0.552. The number of fused-ring (bicyclic) bond motifs is 1. The summed E-state index contributed by atoms with van der Waals surface area (Å²) in [5, 5.41) is 6.90. The average molecular weight is 137 g/mol. The zero-order valence-electron chi connectivity index (χ0n) is 5.00. The molecule has 2 heterocycles. The highest BCUT2D eigenvalue weighted by Crippen LogP contribution is 2.10. The van der Waals surface area contributed by atoms with Crippen LogP contribution >= 0.6 is 0 Å². The third kappa shape index (κ3) is 0.586. The molecular weight excluding hydrogens is 133 g/mol. The van der Waals surface area contributed by atoms with Crippen molar-refractivity contribution in [1.82, 2.24) is 15.2 Å². The molecule has 0 unspecified atom stereocenters. The van der Waals surface area contributed by atoms with E-state index in [9.17, 15) is 4.39 Å². The van der Waals surface area contributed by atoms with Gasteiger partial charge in [-0.05, 0) is 6.07 Å². The van der Waals surface area contributed by atoms with E-state index in [-0.39, 0.29) is 0 Å². The molecule has 0 aliphatic heterocycles. The maximum atomic E-state index is 12.6. The molecule has 0 bridgehead atoms. The molecule has 1 N–H and O–H groups in total. The lowest BCUT2D eigenvalue weighted by molar-refractivity contribution is 0.593. The van der Waals surface area contributed by atoms with Crippen LogP contribution in [-0.2, 0) is 0 Å². The number of pyridine rings is 1. The van der Waals surface area contributed by atoms with Gasteiger partial charge in [-0.25, -0.2) is 4.98 Å². The average Bonchev–Trinajstić information content (AvgIpc) is 2.36. The fourth-order valence-electron chi connectivity index (χ4n) is 0.835. The minimum Gasteiger partial charge on any atom is -0.273 e. The van der Waals surface area contributed by atoms with Gasteiger partial charge in [-0.1, -0.05) is 0 Å². The molecule has 0 saturated heterocycles. The summed E-state index contributed by atoms with van der Waals surface area (Å²) in [5.41, 5.74) is 0.363. The standard InChI is InChI=1S/C6H4FN3/c7-6-5-4(1-2-8-6)3-9-10-5/h1-3H,(H,9,10). The first-order valence-electron chi connectivity index (χ1n) is 2.81. The molecule has 0 fully saturated rings. The van der Waals surface area contributed by atoms with Crippen LogP contribution in [-0.4, -0.2) is 15.2 Å². The Labute approximate surface area is 55.9 Å². The second-order valence-corrected chi connectivity index (χ2v) is 1.94. The first kappa shape index (κ1) is 5.34. The molecule has 0 saturated carbocycles. The maximum absolute atomic E-state index is 12.6. The van der Waals surface area contributed by atoms with Crippen molar-refractivity contribution < 1.29 is 4.39 Å². The van der Waals surface area contributed by atoms with Gasteiger partial charge in [0.1, 0.15) is 5.52 Å². The smallest absolute Gasteiger partial charge is 0.238 e. The first-order valence-corrected chi connectivity index (χ1v) is 2.81. The van der Waals surface area contributed by atoms with Gasteiger partial charge in [-0.3, -0.25) is 5.10 Å². The van der Waals surface area contributed by atoms with Crippen LogP contribution in [0.4, 0.5) is 4.39 Å². The van der Waals surface area contributed by atoms with Crippen molar-refractivity contribution in [2.75, 3.05) is 0 Å². The van der Waals surface area contributed by atoms with Crippen LogP contribution in [0.15, 0.2) is 18.5 Å². The van der Waals surface area contributed by atoms with Gasteiger partial charge in [0.05, 0.1) is 6.20 Å². The summed E-state index contributed by atoms with van der Waals surface area (Å²) < 4.78 is 12.6. The molecule has 2 rings (SSSR count). The lowest BCUT2D eigenvalue weighted by atomic mass is 10.3. The van der Waals surface area contributed by atoms with Gasteiger partial charge in [0.25, 0.3) is 0 Å². The summed E-state index contributed by atoms with van der Waals surface area (Å²) >= 11 is 0. The highest BCUT2D eigenvalue weighted by Gasteiger charge is 2.00. The van der Waals surface area contributed by atoms with E-state index in [1.807, 2.05) is 0 Å². The van der Waals surface area contributed by atoms with Gasteiger partial charge in [-0.15, -0.1) is 0 Å². The Bertz CT molecular complexity index is 355. The SMILES string of the molecule is Fc1nccc2cn[nH]c12. The van der Waals surface area contributed by atoms with Crippen molar-refractivity contribution in [1.29, 1.82) is 0 Å². The van der Waals surface area contributed by atoms with E-state index in [2.05, 4.69) is 15.2 Å². The number of hydrogen-bond donors (Lipinski definition) is 1. The predicted molar refractivity (Wildman–Crippen MR) is 33.8 cm³/mol. The Morgan fingerprint density at radius 3 is 3.20 bits per heavy atom. The van der Waals surface area contributed by atoms with Crippen molar-refractivity contribution in [2.45, 2.75) is 0 Å². The molecule has 2 aromatic rings. The van der Waals surface area contributed by atoms with Gasteiger partial charge in [0.2, 0.25) is 5.95 Å². The Balaban J connectivity index is 2.95. The molecule has 2 aromatic heterocycles. The van der Waals surface area contributed by atoms with Crippen LogP contribution in [0.3, 0.4) is 0 Å². The van der Waals surface area contributed by atoms with E-state index in [0.717, 1.165) is 5.39 Å². The summed E-state index contributed by atoms with van der Waals surface area (Å²) in [6.07, 6.45) is 2.97. The van der Waals surface area contributed by atoms with E-state index in [1.54, 1.807) is 12.3 Å². The lowest BCUT2D eigenvalue weighted by Gasteiger charge is -1.86. The van der Waals surface area contributed by atoms with Gasteiger partial charge < -0.3 is 0 Å². The van der Waals surface area contributed by atoms with Crippen LogP contribution in [0, 0.1) is 5.95 Å². The Kier molecular flexibility index (Phi) is 0.943. The number of hydrogen-bond acceptors (Lipinski definition) is 2. The highest BCUT2D eigenvalue weighted by molar-refractivity contribution is 5.76. The fourth-order valence-corrected chi connectivity index (χ4v) is 0.835. The number of nitrogens with one attached hydrogen (secondary N) is 1. The van der Waals surface area contributed by atoms with Crippen molar-refractivity contribution in [2.24, 2.45) is 0 Å². The van der Waals surface area contributed by atoms with Crippen molar-refractivity contribution in [3.05, 3.63) is 24.4 Å². The van der Waals surface area contributed by atoms with Crippen LogP contribution in [0.1, 0.15) is 0 Å². The molecule has 4 heteroatoms. The summed E-state index contributed by atoms with van der Waals surface area (Å²) in [5.74, 6) is -0.505. The van der Waals surface area contributed by atoms with E-state index in [1.165, 1.54) is 6.20 Å². The first-order chi connectivity index (χ1) is 4.88.